The standard InChI is InChI=1S/C11H14N2O/c14-11(7-2-1-3-12-5-7)10-8-4-9(10)13-6-8/h1-3,5,8-11,13-14H,4,6H2. The SMILES string of the molecule is OC(c1cccnc1)C1C2CNC1C2. The first kappa shape index (κ1) is 8.38. The summed E-state index contributed by atoms with van der Waals surface area (Å²) in [5.41, 5.74) is 0.955. The second-order valence-electron chi connectivity index (χ2n) is 4.32. The van der Waals surface area contributed by atoms with Crippen molar-refractivity contribution in [3.8, 4) is 0 Å². The number of hydrogen-bond acceptors (Lipinski definition) is 3. The van der Waals surface area contributed by atoms with Gasteiger partial charge in [-0.3, -0.25) is 4.98 Å². The lowest BCUT2D eigenvalue weighted by molar-refractivity contribution is 0.0270. The van der Waals surface area contributed by atoms with Crippen LogP contribution in [-0.4, -0.2) is 22.7 Å². The number of nitrogens with one attached hydrogen (secondary N) is 1. The molecule has 0 aromatic carbocycles. The summed E-state index contributed by atoms with van der Waals surface area (Å²) in [5.74, 6) is 1.09. The molecule has 1 aromatic rings. The molecule has 1 aromatic heterocycles. The van der Waals surface area contributed by atoms with E-state index in [2.05, 4.69) is 10.3 Å². The molecule has 1 aliphatic carbocycles. The van der Waals surface area contributed by atoms with E-state index in [0.29, 0.717) is 17.9 Å². The van der Waals surface area contributed by atoms with Crippen LogP contribution in [0.1, 0.15) is 18.1 Å². The van der Waals surface area contributed by atoms with E-state index >= 15 is 0 Å². The van der Waals surface area contributed by atoms with Gasteiger partial charge in [-0.2, -0.15) is 0 Å². The summed E-state index contributed by atoms with van der Waals surface area (Å²) in [5, 5.41) is 13.6. The van der Waals surface area contributed by atoms with Gasteiger partial charge in [0.05, 0.1) is 6.10 Å². The Bertz CT molecular complexity index is 313. The smallest absolute Gasteiger partial charge is 0.0851 e. The lowest BCUT2D eigenvalue weighted by atomic mass is 9.69. The van der Waals surface area contributed by atoms with Crippen LogP contribution >= 0.6 is 0 Å². The Morgan fingerprint density at radius 1 is 1.57 bits per heavy atom. The third-order valence-electron chi connectivity index (χ3n) is 3.60. The lowest BCUT2D eigenvalue weighted by Crippen LogP contribution is -2.40. The highest BCUT2D eigenvalue weighted by Gasteiger charge is 2.50. The summed E-state index contributed by atoms with van der Waals surface area (Å²) in [6, 6.07) is 4.37. The molecule has 3 fully saturated rings. The molecule has 0 radical (unpaired) electrons. The topological polar surface area (TPSA) is 45.2 Å². The highest BCUT2D eigenvalue weighted by molar-refractivity contribution is 5.18. The second-order valence-corrected chi connectivity index (χ2v) is 4.32. The number of fused-ring (bicyclic) bond motifs is 1. The quantitative estimate of drug-likeness (QED) is 0.722. The average Bonchev–Trinajstić information content (AvgIpc) is 2.81. The molecule has 74 valence electrons. The molecule has 3 heteroatoms. The molecular formula is C11H14N2O. The Hall–Kier alpha value is -0.930. The van der Waals surface area contributed by atoms with Crippen molar-refractivity contribution in [3.63, 3.8) is 0 Å². The first-order valence-corrected chi connectivity index (χ1v) is 5.17. The number of hydrogen-bond donors (Lipinski definition) is 2. The number of nitrogens with zero attached hydrogens (tertiary/aromatic N) is 1. The van der Waals surface area contributed by atoms with Crippen molar-refractivity contribution >= 4 is 0 Å². The molecule has 2 saturated heterocycles. The molecule has 2 bridgehead atoms. The highest BCUT2D eigenvalue weighted by Crippen LogP contribution is 2.46. The van der Waals surface area contributed by atoms with E-state index in [1.54, 1.807) is 12.4 Å². The van der Waals surface area contributed by atoms with Crippen LogP contribution in [-0.2, 0) is 0 Å². The summed E-state index contributed by atoms with van der Waals surface area (Å²) in [6.07, 6.45) is 4.41. The summed E-state index contributed by atoms with van der Waals surface area (Å²) in [7, 11) is 0. The first-order valence-electron chi connectivity index (χ1n) is 5.17. The molecule has 2 N–H and O–H groups in total. The fourth-order valence-electron chi connectivity index (χ4n) is 2.77. The van der Waals surface area contributed by atoms with E-state index in [0.717, 1.165) is 12.1 Å². The van der Waals surface area contributed by atoms with Gasteiger partial charge < -0.3 is 10.4 Å². The van der Waals surface area contributed by atoms with Crippen LogP contribution in [0.4, 0.5) is 0 Å². The Labute approximate surface area is 83.2 Å². The fraction of sp³-hybridized carbons (Fsp3) is 0.545. The Kier molecular flexibility index (Phi) is 1.82. The molecule has 2 aliphatic heterocycles. The van der Waals surface area contributed by atoms with Crippen molar-refractivity contribution in [2.24, 2.45) is 11.8 Å². The molecular weight excluding hydrogens is 176 g/mol. The minimum absolute atomic E-state index is 0.331. The van der Waals surface area contributed by atoms with Crippen molar-refractivity contribution in [3.05, 3.63) is 30.1 Å². The van der Waals surface area contributed by atoms with E-state index in [1.165, 1.54) is 6.42 Å². The first-order chi connectivity index (χ1) is 6.86. The van der Waals surface area contributed by atoms with Crippen molar-refractivity contribution in [1.29, 1.82) is 0 Å². The van der Waals surface area contributed by atoms with Crippen LogP contribution in [0.3, 0.4) is 0 Å². The maximum absolute atomic E-state index is 10.1. The Morgan fingerprint density at radius 2 is 2.50 bits per heavy atom. The summed E-state index contributed by atoms with van der Waals surface area (Å²) in [4.78, 5) is 4.04. The second kappa shape index (κ2) is 3.04. The van der Waals surface area contributed by atoms with E-state index in [4.69, 9.17) is 0 Å². The molecule has 3 aliphatic rings. The molecule has 4 unspecified atom stereocenters. The van der Waals surface area contributed by atoms with E-state index < -0.39 is 0 Å². The molecule has 3 nitrogen and oxygen atoms in total. The van der Waals surface area contributed by atoms with Gasteiger partial charge in [0.25, 0.3) is 0 Å². The number of aromatic nitrogens is 1. The molecule has 0 spiro atoms. The van der Waals surface area contributed by atoms with Gasteiger partial charge in [-0.1, -0.05) is 6.07 Å². The maximum Gasteiger partial charge on any atom is 0.0851 e. The van der Waals surface area contributed by atoms with Gasteiger partial charge >= 0.3 is 0 Å². The summed E-state index contributed by atoms with van der Waals surface area (Å²) >= 11 is 0. The van der Waals surface area contributed by atoms with Gasteiger partial charge in [0.1, 0.15) is 0 Å². The minimum atomic E-state index is -0.331. The average molecular weight is 190 g/mol. The minimum Gasteiger partial charge on any atom is -0.388 e. The van der Waals surface area contributed by atoms with Crippen molar-refractivity contribution in [1.82, 2.24) is 10.3 Å². The zero-order valence-corrected chi connectivity index (χ0v) is 7.93. The van der Waals surface area contributed by atoms with E-state index in [1.807, 2.05) is 12.1 Å². The zero-order chi connectivity index (χ0) is 9.54. The Balaban J connectivity index is 1.80. The molecule has 4 rings (SSSR count). The van der Waals surface area contributed by atoms with Gasteiger partial charge in [-0.25, -0.2) is 0 Å². The van der Waals surface area contributed by atoms with Crippen molar-refractivity contribution < 1.29 is 5.11 Å². The molecule has 1 saturated carbocycles. The molecule has 14 heavy (non-hydrogen) atoms. The number of pyridine rings is 1. The maximum atomic E-state index is 10.1. The largest absolute Gasteiger partial charge is 0.388 e. The van der Waals surface area contributed by atoms with Crippen molar-refractivity contribution in [2.45, 2.75) is 18.6 Å². The Morgan fingerprint density at radius 3 is 3.07 bits per heavy atom. The third-order valence-corrected chi connectivity index (χ3v) is 3.60. The van der Waals surface area contributed by atoms with Crippen molar-refractivity contribution in [2.75, 3.05) is 6.54 Å². The molecule has 3 heterocycles. The zero-order valence-electron chi connectivity index (χ0n) is 7.93. The predicted molar refractivity (Wildman–Crippen MR) is 52.6 cm³/mol. The fourth-order valence-corrected chi connectivity index (χ4v) is 2.77. The van der Waals surface area contributed by atoms with Gasteiger partial charge in [-0.15, -0.1) is 0 Å². The van der Waals surface area contributed by atoms with Crippen LogP contribution < -0.4 is 5.32 Å². The molecule has 4 atom stereocenters. The predicted octanol–water partition coefficient (Wildman–Crippen LogP) is 0.723. The number of aliphatic hydroxyl groups excluding tert-OH is 1. The number of rotatable bonds is 2. The van der Waals surface area contributed by atoms with Crippen LogP contribution in [0.15, 0.2) is 24.5 Å². The molecule has 0 amide bonds. The van der Waals surface area contributed by atoms with Crippen LogP contribution in [0.5, 0.6) is 0 Å². The monoisotopic (exact) mass is 190 g/mol. The van der Waals surface area contributed by atoms with Gasteiger partial charge in [-0.05, 0) is 30.5 Å². The number of aliphatic hydroxyl groups is 1. The van der Waals surface area contributed by atoms with Crippen LogP contribution in [0, 0.1) is 11.8 Å². The van der Waals surface area contributed by atoms with Crippen LogP contribution in [0.2, 0.25) is 0 Å². The third kappa shape index (κ3) is 1.09. The van der Waals surface area contributed by atoms with Gasteiger partial charge in [0, 0.05) is 24.4 Å². The van der Waals surface area contributed by atoms with Crippen LogP contribution in [0.25, 0.3) is 0 Å². The van der Waals surface area contributed by atoms with E-state index in [9.17, 15) is 5.11 Å². The van der Waals surface area contributed by atoms with E-state index in [-0.39, 0.29) is 6.10 Å². The normalized spacial score (nSPS) is 36.5. The van der Waals surface area contributed by atoms with Gasteiger partial charge in [0.2, 0.25) is 0 Å². The summed E-state index contributed by atoms with van der Waals surface area (Å²) in [6.45, 7) is 1.08. The van der Waals surface area contributed by atoms with Gasteiger partial charge in [0.15, 0.2) is 0 Å². The lowest BCUT2D eigenvalue weighted by Gasteiger charge is -2.38. The summed E-state index contributed by atoms with van der Waals surface area (Å²) < 4.78 is 0. The highest BCUT2D eigenvalue weighted by atomic mass is 16.3.